The van der Waals surface area contributed by atoms with Crippen molar-refractivity contribution in [2.45, 2.75) is 58.1 Å². The molecule has 0 aromatic heterocycles. The standard InChI is InChI=1S/C15H28B2/c1-14(2,3)15(16,17)11-7-12-9-4-5-10(6-9)13(12)8-11/h9-13H,4-8,16-17H2,1-3H3. The molecule has 3 aliphatic carbocycles. The summed E-state index contributed by atoms with van der Waals surface area (Å²) >= 11 is 0. The Morgan fingerprint density at radius 1 is 0.824 bits per heavy atom. The maximum Gasteiger partial charge on any atom is 0.100 e. The van der Waals surface area contributed by atoms with Crippen LogP contribution in [0.2, 0.25) is 5.21 Å². The Bertz CT molecular complexity index is 297. The molecule has 4 unspecified atom stereocenters. The molecule has 0 nitrogen and oxygen atoms in total. The average molecular weight is 230 g/mol. The SMILES string of the molecule is BC(B)(C1CC2C3CCC(C3)C2C1)C(C)(C)C. The minimum Gasteiger partial charge on any atom is -0.0771 e. The minimum atomic E-state index is 0.454. The lowest BCUT2D eigenvalue weighted by Gasteiger charge is -2.45. The van der Waals surface area contributed by atoms with Crippen molar-refractivity contribution in [1.29, 1.82) is 0 Å². The second kappa shape index (κ2) is 3.58. The fourth-order valence-electron chi connectivity index (χ4n) is 5.22. The van der Waals surface area contributed by atoms with Gasteiger partial charge in [-0.25, -0.2) is 0 Å². The molecule has 0 aromatic rings. The molecule has 2 heteroatoms. The predicted molar refractivity (Wildman–Crippen MR) is 79.8 cm³/mol. The monoisotopic (exact) mass is 230 g/mol. The zero-order valence-electron chi connectivity index (χ0n) is 12.4. The molecule has 94 valence electrons. The molecule has 17 heavy (non-hydrogen) atoms. The summed E-state index contributed by atoms with van der Waals surface area (Å²) in [4.78, 5) is 0. The van der Waals surface area contributed by atoms with Crippen LogP contribution in [0.1, 0.15) is 52.9 Å². The van der Waals surface area contributed by atoms with Crippen LogP contribution in [0.4, 0.5) is 0 Å². The van der Waals surface area contributed by atoms with Gasteiger partial charge >= 0.3 is 0 Å². The van der Waals surface area contributed by atoms with E-state index in [9.17, 15) is 0 Å². The molecule has 0 aromatic carbocycles. The van der Waals surface area contributed by atoms with E-state index in [1.807, 2.05) is 0 Å². The Hall–Kier alpha value is 0.130. The molecule has 3 aliphatic rings. The Balaban J connectivity index is 1.77. The maximum absolute atomic E-state index is 2.53. The highest BCUT2D eigenvalue weighted by atomic mass is 14.6. The normalized spacial score (nSPS) is 45.2. The zero-order valence-corrected chi connectivity index (χ0v) is 12.4. The topological polar surface area (TPSA) is 0 Å². The van der Waals surface area contributed by atoms with Crippen molar-refractivity contribution in [2.24, 2.45) is 35.0 Å². The zero-order chi connectivity index (χ0) is 12.4. The molecule has 2 bridgehead atoms. The van der Waals surface area contributed by atoms with Crippen LogP contribution in [0.15, 0.2) is 0 Å². The third-order valence-corrected chi connectivity index (χ3v) is 7.34. The second-order valence-electron chi connectivity index (χ2n) is 8.80. The third-order valence-electron chi connectivity index (χ3n) is 7.34. The summed E-state index contributed by atoms with van der Waals surface area (Å²) in [5.74, 6) is 5.50. The van der Waals surface area contributed by atoms with Crippen molar-refractivity contribution in [3.05, 3.63) is 0 Å². The predicted octanol–water partition coefficient (Wildman–Crippen LogP) is 2.49. The third kappa shape index (κ3) is 1.65. The van der Waals surface area contributed by atoms with Crippen molar-refractivity contribution in [3.8, 4) is 0 Å². The van der Waals surface area contributed by atoms with Crippen LogP contribution in [0.25, 0.3) is 0 Å². The molecule has 3 rings (SSSR count). The fourth-order valence-corrected chi connectivity index (χ4v) is 5.22. The summed E-state index contributed by atoms with van der Waals surface area (Å²) in [7, 11) is 5.06. The van der Waals surface area contributed by atoms with E-state index in [1.165, 1.54) is 0 Å². The molecule has 4 atom stereocenters. The van der Waals surface area contributed by atoms with Crippen LogP contribution in [0.3, 0.4) is 0 Å². The molecule has 0 heterocycles. The van der Waals surface area contributed by atoms with Crippen LogP contribution < -0.4 is 0 Å². The molecule has 0 N–H and O–H groups in total. The first-order chi connectivity index (χ1) is 7.80. The Kier molecular flexibility index (Phi) is 2.56. The number of rotatable bonds is 1. The highest BCUT2D eigenvalue weighted by molar-refractivity contribution is 6.40. The largest absolute Gasteiger partial charge is 0.100 e. The summed E-state index contributed by atoms with van der Waals surface area (Å²) in [5, 5.41) is 0.511. The van der Waals surface area contributed by atoms with Gasteiger partial charge < -0.3 is 0 Å². The molecule has 0 aliphatic heterocycles. The van der Waals surface area contributed by atoms with E-state index in [0.717, 1.165) is 29.6 Å². The quantitative estimate of drug-likeness (QED) is 0.607. The molecule has 0 amide bonds. The fraction of sp³-hybridized carbons (Fsp3) is 1.00. The Labute approximate surface area is 109 Å². The van der Waals surface area contributed by atoms with Crippen molar-refractivity contribution in [1.82, 2.24) is 0 Å². The van der Waals surface area contributed by atoms with E-state index < -0.39 is 0 Å². The van der Waals surface area contributed by atoms with Gasteiger partial charge in [-0.2, -0.15) is 0 Å². The average Bonchev–Trinajstić information content (AvgIpc) is 2.88. The van der Waals surface area contributed by atoms with Crippen LogP contribution in [-0.2, 0) is 0 Å². The van der Waals surface area contributed by atoms with Gasteiger partial charge in [0.2, 0.25) is 0 Å². The van der Waals surface area contributed by atoms with Gasteiger partial charge in [0.05, 0.1) is 0 Å². The molecule has 3 fully saturated rings. The van der Waals surface area contributed by atoms with Gasteiger partial charge in [-0.15, -0.1) is 0 Å². The van der Waals surface area contributed by atoms with E-state index >= 15 is 0 Å². The first kappa shape index (κ1) is 12.2. The van der Waals surface area contributed by atoms with Crippen LogP contribution >= 0.6 is 0 Å². The van der Waals surface area contributed by atoms with E-state index in [2.05, 4.69) is 36.5 Å². The van der Waals surface area contributed by atoms with Crippen molar-refractivity contribution in [3.63, 3.8) is 0 Å². The van der Waals surface area contributed by atoms with Gasteiger partial charge in [0.25, 0.3) is 0 Å². The number of fused-ring (bicyclic) bond motifs is 5. The van der Waals surface area contributed by atoms with Gasteiger partial charge in [-0.3, -0.25) is 0 Å². The van der Waals surface area contributed by atoms with Crippen LogP contribution in [0, 0.1) is 35.0 Å². The highest BCUT2D eigenvalue weighted by Crippen LogP contribution is 2.64. The van der Waals surface area contributed by atoms with E-state index in [-0.39, 0.29) is 0 Å². The Morgan fingerprint density at radius 3 is 1.71 bits per heavy atom. The summed E-state index contributed by atoms with van der Waals surface area (Å²) in [5.41, 5.74) is 0.454. The smallest absolute Gasteiger partial charge is 0.0771 e. The van der Waals surface area contributed by atoms with Crippen LogP contribution in [-0.4, -0.2) is 15.7 Å². The minimum absolute atomic E-state index is 0.454. The highest BCUT2D eigenvalue weighted by Gasteiger charge is 2.55. The number of hydrogen-bond acceptors (Lipinski definition) is 0. The van der Waals surface area contributed by atoms with Gasteiger partial charge in [-0.05, 0) is 67.1 Å². The van der Waals surface area contributed by atoms with Crippen molar-refractivity contribution < 1.29 is 0 Å². The maximum atomic E-state index is 2.53. The summed E-state index contributed by atoms with van der Waals surface area (Å²) in [6.07, 6.45) is 7.83. The molecule has 3 saturated carbocycles. The molecule has 0 spiro atoms. The molecular weight excluding hydrogens is 202 g/mol. The lowest BCUT2D eigenvalue weighted by atomic mass is 9.38. The van der Waals surface area contributed by atoms with Crippen molar-refractivity contribution >= 4 is 15.7 Å². The lowest BCUT2D eigenvalue weighted by Crippen LogP contribution is -2.36. The number of hydrogen-bond donors (Lipinski definition) is 0. The summed E-state index contributed by atoms with van der Waals surface area (Å²) in [6.45, 7) is 7.32. The van der Waals surface area contributed by atoms with Gasteiger partial charge in [0.1, 0.15) is 15.7 Å². The van der Waals surface area contributed by atoms with Crippen LogP contribution in [0.5, 0.6) is 0 Å². The summed E-state index contributed by atoms with van der Waals surface area (Å²) in [6, 6.07) is 0. The lowest BCUT2D eigenvalue weighted by molar-refractivity contribution is 0.245. The summed E-state index contributed by atoms with van der Waals surface area (Å²) < 4.78 is 0. The first-order valence-corrected chi connectivity index (χ1v) is 7.80. The van der Waals surface area contributed by atoms with Gasteiger partial charge in [0, 0.05) is 0 Å². The van der Waals surface area contributed by atoms with Crippen molar-refractivity contribution in [2.75, 3.05) is 0 Å². The molecular formula is C15H28B2. The van der Waals surface area contributed by atoms with Gasteiger partial charge in [0.15, 0.2) is 0 Å². The van der Waals surface area contributed by atoms with E-state index in [1.54, 1.807) is 32.1 Å². The van der Waals surface area contributed by atoms with Gasteiger partial charge in [-0.1, -0.05) is 26.0 Å². The van der Waals surface area contributed by atoms with E-state index in [4.69, 9.17) is 0 Å². The molecule has 0 radical (unpaired) electrons. The Morgan fingerprint density at radius 2 is 1.29 bits per heavy atom. The second-order valence-corrected chi connectivity index (χ2v) is 8.80. The first-order valence-electron chi connectivity index (χ1n) is 7.80. The van der Waals surface area contributed by atoms with E-state index in [0.29, 0.717) is 10.6 Å². The molecule has 0 saturated heterocycles.